The molecule has 0 atom stereocenters. The second kappa shape index (κ2) is 5.96. The minimum Gasteiger partial charge on any atom is -0.461 e. The molecule has 0 amide bonds. The van der Waals surface area contributed by atoms with E-state index in [0.29, 0.717) is 12.5 Å². The summed E-state index contributed by atoms with van der Waals surface area (Å²) >= 11 is 0. The van der Waals surface area contributed by atoms with Crippen LogP contribution >= 0.6 is 10.7 Å². The van der Waals surface area contributed by atoms with Crippen LogP contribution in [0.3, 0.4) is 0 Å². The van der Waals surface area contributed by atoms with Crippen LogP contribution in [-0.2, 0) is 13.8 Å². The van der Waals surface area contributed by atoms with Gasteiger partial charge in [0.15, 0.2) is 0 Å². The van der Waals surface area contributed by atoms with E-state index in [2.05, 4.69) is 4.98 Å². The van der Waals surface area contributed by atoms with Crippen LogP contribution in [0.2, 0.25) is 0 Å². The van der Waals surface area contributed by atoms with Crippen LogP contribution in [0.5, 0.6) is 0 Å². The van der Waals surface area contributed by atoms with Gasteiger partial charge in [-0.2, -0.15) is 0 Å². The maximum atomic E-state index is 11.7. The first kappa shape index (κ1) is 14.4. The number of hydrogen-bond acceptors (Lipinski definition) is 4. The summed E-state index contributed by atoms with van der Waals surface area (Å²) in [6.45, 7) is 0.390. The van der Waals surface area contributed by atoms with E-state index in [0.717, 1.165) is 12.8 Å². The number of H-pyrrole nitrogens is 1. The summed E-state index contributed by atoms with van der Waals surface area (Å²) in [7, 11) is 1.36. The summed E-state index contributed by atoms with van der Waals surface area (Å²) in [5, 5.41) is 0. The van der Waals surface area contributed by atoms with Gasteiger partial charge in [-0.25, -0.2) is 13.2 Å². The maximum Gasteiger partial charge on any atom is 0.354 e. The molecule has 1 N–H and O–H groups in total. The van der Waals surface area contributed by atoms with Crippen molar-refractivity contribution in [1.82, 2.24) is 4.98 Å². The number of halogens is 1. The van der Waals surface area contributed by atoms with Gasteiger partial charge >= 0.3 is 5.97 Å². The Morgan fingerprint density at radius 1 is 1.37 bits per heavy atom. The highest BCUT2D eigenvalue weighted by Crippen LogP contribution is 2.24. The average Bonchev–Trinajstić information content (AvgIpc) is 2.87. The molecule has 1 saturated carbocycles. The number of ether oxygens (including phenoxy) is 1. The van der Waals surface area contributed by atoms with E-state index in [9.17, 15) is 13.2 Å². The van der Waals surface area contributed by atoms with E-state index in [1.807, 2.05) is 0 Å². The lowest BCUT2D eigenvalue weighted by Crippen LogP contribution is -2.16. The van der Waals surface area contributed by atoms with Gasteiger partial charge in [0, 0.05) is 16.9 Å². The summed E-state index contributed by atoms with van der Waals surface area (Å²) in [4.78, 5) is 14.2. The van der Waals surface area contributed by atoms with Gasteiger partial charge in [0.05, 0.1) is 6.61 Å². The highest BCUT2D eigenvalue weighted by atomic mass is 35.7. The topological polar surface area (TPSA) is 76.2 Å². The average molecular weight is 306 g/mol. The molecule has 0 unspecified atom stereocenters. The zero-order valence-electron chi connectivity index (χ0n) is 10.4. The van der Waals surface area contributed by atoms with Gasteiger partial charge in [-0.15, -0.1) is 0 Å². The highest BCUT2D eigenvalue weighted by molar-refractivity contribution is 8.13. The monoisotopic (exact) mass is 305 g/mol. The molecule has 7 heteroatoms. The summed E-state index contributed by atoms with van der Waals surface area (Å²) < 4.78 is 27.3. The Labute approximate surface area is 116 Å². The molecule has 1 aliphatic carbocycles. The molecule has 0 spiro atoms. The van der Waals surface area contributed by atoms with Crippen molar-refractivity contribution >= 4 is 25.7 Å². The third-order valence-electron chi connectivity index (χ3n) is 3.33. The van der Waals surface area contributed by atoms with E-state index in [1.165, 1.54) is 31.5 Å². The van der Waals surface area contributed by atoms with Crippen LogP contribution in [0.1, 0.15) is 42.6 Å². The molecule has 1 aromatic heterocycles. The summed E-state index contributed by atoms with van der Waals surface area (Å²) in [6.07, 6.45) is 6.95. The molecule has 1 aromatic rings. The maximum absolute atomic E-state index is 11.7. The Morgan fingerprint density at radius 2 is 2.05 bits per heavy atom. The van der Waals surface area contributed by atoms with E-state index in [1.54, 1.807) is 0 Å². The lowest BCUT2D eigenvalue weighted by atomic mass is 9.90. The third kappa shape index (κ3) is 3.98. The molecular weight excluding hydrogens is 290 g/mol. The number of hydrogen-bond donors (Lipinski definition) is 1. The molecule has 0 aromatic carbocycles. The molecule has 5 nitrogen and oxygen atoms in total. The first-order chi connectivity index (χ1) is 8.97. The first-order valence-corrected chi connectivity index (χ1v) is 8.58. The van der Waals surface area contributed by atoms with Gasteiger partial charge in [0.1, 0.15) is 10.6 Å². The minimum absolute atomic E-state index is 0.107. The van der Waals surface area contributed by atoms with Crippen molar-refractivity contribution in [3.8, 4) is 0 Å². The minimum atomic E-state index is -3.82. The second-order valence-electron chi connectivity index (χ2n) is 4.79. The van der Waals surface area contributed by atoms with Crippen LogP contribution in [0.25, 0.3) is 0 Å². The van der Waals surface area contributed by atoms with Crippen LogP contribution < -0.4 is 0 Å². The van der Waals surface area contributed by atoms with Crippen LogP contribution in [0.15, 0.2) is 17.2 Å². The van der Waals surface area contributed by atoms with Crippen LogP contribution in [0, 0.1) is 5.92 Å². The number of aromatic amines is 1. The number of carbonyl (C=O) groups excluding carboxylic acids is 1. The third-order valence-corrected chi connectivity index (χ3v) is 4.67. The normalized spacial score (nSPS) is 17.3. The zero-order valence-corrected chi connectivity index (χ0v) is 12.0. The number of aromatic nitrogens is 1. The van der Waals surface area contributed by atoms with Crippen LogP contribution in [0.4, 0.5) is 0 Å². The Balaban J connectivity index is 1.91. The molecule has 0 saturated heterocycles. The van der Waals surface area contributed by atoms with E-state index >= 15 is 0 Å². The molecule has 2 rings (SSSR count). The number of esters is 1. The fraction of sp³-hybridized carbons (Fsp3) is 0.583. The van der Waals surface area contributed by atoms with Crippen molar-refractivity contribution < 1.29 is 17.9 Å². The Kier molecular flexibility index (Phi) is 4.52. The molecule has 1 aliphatic rings. The fourth-order valence-corrected chi connectivity index (χ4v) is 2.98. The molecular formula is C12H16ClNO4S. The Morgan fingerprint density at radius 3 is 2.63 bits per heavy atom. The van der Waals surface area contributed by atoms with Crippen molar-refractivity contribution in [2.24, 2.45) is 5.92 Å². The van der Waals surface area contributed by atoms with Gasteiger partial charge in [-0.3, -0.25) is 0 Å². The predicted octanol–water partition coefficient (Wildman–Crippen LogP) is 2.68. The smallest absolute Gasteiger partial charge is 0.354 e. The largest absolute Gasteiger partial charge is 0.461 e. The summed E-state index contributed by atoms with van der Waals surface area (Å²) in [6, 6.07) is 1.19. The number of nitrogens with one attached hydrogen (secondary N) is 1. The van der Waals surface area contributed by atoms with E-state index in [4.69, 9.17) is 15.4 Å². The van der Waals surface area contributed by atoms with Crippen molar-refractivity contribution in [3.05, 3.63) is 18.0 Å². The standard InChI is InChI=1S/C12H16ClNO4S/c13-19(16,17)10-6-11(14-7-10)12(15)18-8-9-4-2-1-3-5-9/h6-7,9,14H,1-5,8H2. The number of carbonyl (C=O) groups is 1. The lowest BCUT2D eigenvalue weighted by molar-refractivity contribution is 0.0404. The zero-order chi connectivity index (χ0) is 13.9. The van der Waals surface area contributed by atoms with E-state index in [-0.39, 0.29) is 10.6 Å². The lowest BCUT2D eigenvalue weighted by Gasteiger charge is -2.20. The molecule has 0 aliphatic heterocycles. The van der Waals surface area contributed by atoms with Crippen molar-refractivity contribution in [3.63, 3.8) is 0 Å². The first-order valence-electron chi connectivity index (χ1n) is 6.27. The molecule has 1 fully saturated rings. The number of rotatable bonds is 4. The molecule has 0 bridgehead atoms. The fourth-order valence-electron chi connectivity index (χ4n) is 2.26. The van der Waals surface area contributed by atoms with Crippen LogP contribution in [-0.4, -0.2) is 26.0 Å². The van der Waals surface area contributed by atoms with Gasteiger partial charge < -0.3 is 9.72 Å². The van der Waals surface area contributed by atoms with Gasteiger partial charge in [0.25, 0.3) is 9.05 Å². The summed E-state index contributed by atoms with van der Waals surface area (Å²) in [5.41, 5.74) is 0.107. The predicted molar refractivity (Wildman–Crippen MR) is 70.7 cm³/mol. The SMILES string of the molecule is O=C(OCC1CCCCC1)c1cc(S(=O)(=O)Cl)c[nH]1. The highest BCUT2D eigenvalue weighted by Gasteiger charge is 2.19. The summed E-state index contributed by atoms with van der Waals surface area (Å²) in [5.74, 6) is -0.124. The van der Waals surface area contributed by atoms with E-state index < -0.39 is 15.0 Å². The molecule has 106 valence electrons. The quantitative estimate of drug-likeness (QED) is 0.685. The molecule has 19 heavy (non-hydrogen) atoms. The van der Waals surface area contributed by atoms with Gasteiger partial charge in [-0.1, -0.05) is 19.3 Å². The Bertz CT molecular complexity index is 546. The van der Waals surface area contributed by atoms with Crippen molar-refractivity contribution in [1.29, 1.82) is 0 Å². The van der Waals surface area contributed by atoms with Crippen molar-refractivity contribution in [2.75, 3.05) is 6.61 Å². The molecule has 1 heterocycles. The van der Waals surface area contributed by atoms with Crippen molar-refractivity contribution in [2.45, 2.75) is 37.0 Å². The van der Waals surface area contributed by atoms with Gasteiger partial charge in [0.2, 0.25) is 0 Å². The molecule has 0 radical (unpaired) electrons. The Hall–Kier alpha value is -1.01. The second-order valence-corrected chi connectivity index (χ2v) is 7.36. The van der Waals surface area contributed by atoms with Gasteiger partial charge in [-0.05, 0) is 24.8 Å².